The molecule has 154 valence electrons. The van der Waals surface area contributed by atoms with Crippen molar-refractivity contribution in [3.8, 4) is 5.75 Å². The van der Waals surface area contributed by atoms with Gasteiger partial charge in [0.05, 0.1) is 5.69 Å². The van der Waals surface area contributed by atoms with Gasteiger partial charge in [-0.15, -0.1) is 0 Å². The monoisotopic (exact) mass is 396 g/mol. The summed E-state index contributed by atoms with van der Waals surface area (Å²) >= 11 is 0. The maximum absolute atomic E-state index is 12.7. The summed E-state index contributed by atoms with van der Waals surface area (Å²) in [4.78, 5) is 28.5. The Kier molecular flexibility index (Phi) is 6.59. The number of benzene rings is 2. The van der Waals surface area contributed by atoms with Gasteiger partial charge < -0.3 is 25.5 Å². The molecular weight excluding hydrogens is 368 g/mol. The number of carbonyl (C=O) groups is 2. The molecule has 1 heterocycles. The number of anilines is 3. The van der Waals surface area contributed by atoms with Crippen LogP contribution in [0.2, 0.25) is 0 Å². The van der Waals surface area contributed by atoms with E-state index in [1.54, 1.807) is 17.0 Å². The van der Waals surface area contributed by atoms with Gasteiger partial charge in [0, 0.05) is 44.0 Å². The van der Waals surface area contributed by atoms with Crippen LogP contribution in [0.15, 0.2) is 42.5 Å². The molecule has 1 fully saturated rings. The molecule has 0 aliphatic carbocycles. The average Bonchev–Trinajstić information content (AvgIpc) is 2.71. The van der Waals surface area contributed by atoms with Crippen LogP contribution in [0.3, 0.4) is 0 Å². The smallest absolute Gasteiger partial charge is 0.321 e. The van der Waals surface area contributed by atoms with Crippen molar-refractivity contribution in [1.29, 1.82) is 0 Å². The molecule has 3 amide bonds. The Morgan fingerprint density at radius 1 is 0.966 bits per heavy atom. The maximum Gasteiger partial charge on any atom is 0.321 e. The zero-order valence-electron chi connectivity index (χ0n) is 16.9. The van der Waals surface area contributed by atoms with Gasteiger partial charge in [0.2, 0.25) is 5.91 Å². The molecule has 0 atom stereocenters. The van der Waals surface area contributed by atoms with Gasteiger partial charge >= 0.3 is 6.03 Å². The normalized spacial score (nSPS) is 13.9. The van der Waals surface area contributed by atoms with Crippen molar-refractivity contribution >= 4 is 29.0 Å². The maximum atomic E-state index is 12.7. The standard InChI is InChI=1S/C22H28N4O3/c1-3-7-21(28)23-17-8-6-9-18(16(17)2)24-22(29)26-14-12-25(13-15-26)19-10-4-5-11-20(19)27/h4-6,8-11,27H,3,7,12-15H2,1-2H3,(H,23,28)(H,24,29). The fraction of sp³-hybridized carbons (Fsp3) is 0.364. The summed E-state index contributed by atoms with van der Waals surface area (Å²) in [5.41, 5.74) is 3.02. The van der Waals surface area contributed by atoms with E-state index in [0.717, 1.165) is 17.7 Å². The summed E-state index contributed by atoms with van der Waals surface area (Å²) in [5, 5.41) is 15.9. The van der Waals surface area contributed by atoms with Crippen LogP contribution in [0, 0.1) is 6.92 Å². The average molecular weight is 396 g/mol. The van der Waals surface area contributed by atoms with E-state index < -0.39 is 0 Å². The number of nitrogens with zero attached hydrogens (tertiary/aromatic N) is 2. The van der Waals surface area contributed by atoms with Crippen LogP contribution in [-0.4, -0.2) is 48.1 Å². The predicted octanol–water partition coefficient (Wildman–Crippen LogP) is 3.79. The van der Waals surface area contributed by atoms with Crippen molar-refractivity contribution in [2.75, 3.05) is 41.7 Å². The van der Waals surface area contributed by atoms with Crippen molar-refractivity contribution in [1.82, 2.24) is 4.90 Å². The van der Waals surface area contributed by atoms with E-state index in [4.69, 9.17) is 0 Å². The van der Waals surface area contributed by atoms with Gasteiger partial charge in [-0.1, -0.05) is 25.1 Å². The van der Waals surface area contributed by atoms with Gasteiger partial charge in [-0.2, -0.15) is 0 Å². The minimum absolute atomic E-state index is 0.0284. The SMILES string of the molecule is CCCC(=O)Nc1cccc(NC(=O)N2CCN(c3ccccc3O)CC2)c1C. The molecule has 0 aromatic heterocycles. The summed E-state index contributed by atoms with van der Waals surface area (Å²) in [6, 6.07) is 12.6. The Bertz CT molecular complexity index is 876. The van der Waals surface area contributed by atoms with Gasteiger partial charge in [0.1, 0.15) is 5.75 Å². The number of amides is 3. The van der Waals surface area contributed by atoms with Crippen molar-refractivity contribution in [3.63, 3.8) is 0 Å². The molecule has 29 heavy (non-hydrogen) atoms. The largest absolute Gasteiger partial charge is 0.506 e. The molecule has 0 bridgehead atoms. The predicted molar refractivity (Wildman–Crippen MR) is 116 cm³/mol. The molecule has 3 N–H and O–H groups in total. The quantitative estimate of drug-likeness (QED) is 0.718. The third-order valence-electron chi connectivity index (χ3n) is 5.12. The highest BCUT2D eigenvalue weighted by atomic mass is 16.3. The first-order chi connectivity index (χ1) is 14.0. The Morgan fingerprint density at radius 2 is 1.62 bits per heavy atom. The zero-order chi connectivity index (χ0) is 20.8. The molecule has 2 aromatic rings. The van der Waals surface area contributed by atoms with Gasteiger partial charge in [0.25, 0.3) is 0 Å². The van der Waals surface area contributed by atoms with E-state index in [2.05, 4.69) is 15.5 Å². The van der Waals surface area contributed by atoms with Crippen LogP contribution in [0.5, 0.6) is 5.75 Å². The number of aromatic hydroxyl groups is 1. The first-order valence-electron chi connectivity index (χ1n) is 9.98. The molecule has 1 aliphatic heterocycles. The van der Waals surface area contributed by atoms with E-state index in [1.807, 2.05) is 44.2 Å². The summed E-state index contributed by atoms with van der Waals surface area (Å²) in [7, 11) is 0. The Hall–Kier alpha value is -3.22. The minimum Gasteiger partial charge on any atom is -0.506 e. The number of phenols is 1. The second kappa shape index (κ2) is 9.32. The lowest BCUT2D eigenvalue weighted by atomic mass is 10.1. The van der Waals surface area contributed by atoms with E-state index in [-0.39, 0.29) is 17.7 Å². The van der Waals surface area contributed by atoms with Gasteiger partial charge in [0.15, 0.2) is 0 Å². The topological polar surface area (TPSA) is 84.9 Å². The van der Waals surface area contributed by atoms with Crippen LogP contribution >= 0.6 is 0 Å². The Labute approximate surface area is 171 Å². The third kappa shape index (κ3) is 4.99. The third-order valence-corrected chi connectivity index (χ3v) is 5.12. The first-order valence-corrected chi connectivity index (χ1v) is 9.98. The number of urea groups is 1. The van der Waals surface area contributed by atoms with E-state index in [0.29, 0.717) is 44.0 Å². The molecule has 0 saturated carbocycles. The van der Waals surface area contributed by atoms with E-state index >= 15 is 0 Å². The lowest BCUT2D eigenvalue weighted by Crippen LogP contribution is -2.50. The van der Waals surface area contributed by atoms with Gasteiger partial charge in [-0.05, 0) is 43.2 Å². The van der Waals surface area contributed by atoms with Crippen LogP contribution in [0.1, 0.15) is 25.3 Å². The Morgan fingerprint density at radius 3 is 2.28 bits per heavy atom. The number of piperazine rings is 1. The number of hydrogen-bond donors (Lipinski definition) is 3. The lowest BCUT2D eigenvalue weighted by Gasteiger charge is -2.36. The molecule has 7 nitrogen and oxygen atoms in total. The fourth-order valence-corrected chi connectivity index (χ4v) is 3.42. The van der Waals surface area contributed by atoms with Gasteiger partial charge in [-0.3, -0.25) is 4.79 Å². The second-order valence-electron chi connectivity index (χ2n) is 7.17. The van der Waals surface area contributed by atoms with E-state index in [1.165, 1.54) is 0 Å². The Balaban J connectivity index is 1.60. The van der Waals surface area contributed by atoms with Crippen molar-refractivity contribution in [2.24, 2.45) is 0 Å². The number of hydrogen-bond acceptors (Lipinski definition) is 4. The summed E-state index contributed by atoms with van der Waals surface area (Å²) < 4.78 is 0. The summed E-state index contributed by atoms with van der Waals surface area (Å²) in [5.74, 6) is 0.224. The minimum atomic E-state index is -0.165. The molecule has 0 unspecified atom stereocenters. The molecule has 3 rings (SSSR count). The highest BCUT2D eigenvalue weighted by molar-refractivity contribution is 5.95. The van der Waals surface area contributed by atoms with Crippen molar-refractivity contribution in [3.05, 3.63) is 48.0 Å². The number of para-hydroxylation sites is 2. The fourth-order valence-electron chi connectivity index (χ4n) is 3.42. The summed E-state index contributed by atoms with van der Waals surface area (Å²) in [6.07, 6.45) is 1.26. The highest BCUT2D eigenvalue weighted by Gasteiger charge is 2.23. The van der Waals surface area contributed by atoms with Crippen LogP contribution in [0.4, 0.5) is 21.9 Å². The molecular formula is C22H28N4O3. The number of nitrogens with one attached hydrogen (secondary N) is 2. The molecule has 1 saturated heterocycles. The molecule has 0 radical (unpaired) electrons. The molecule has 2 aromatic carbocycles. The number of phenolic OH excluding ortho intramolecular Hbond substituents is 1. The molecule has 0 spiro atoms. The number of rotatable bonds is 5. The second-order valence-corrected chi connectivity index (χ2v) is 7.17. The first kappa shape index (κ1) is 20.5. The molecule has 1 aliphatic rings. The summed E-state index contributed by atoms with van der Waals surface area (Å²) in [6.45, 7) is 6.27. The van der Waals surface area contributed by atoms with E-state index in [9.17, 15) is 14.7 Å². The van der Waals surface area contributed by atoms with Crippen LogP contribution in [-0.2, 0) is 4.79 Å². The van der Waals surface area contributed by atoms with Crippen LogP contribution < -0.4 is 15.5 Å². The van der Waals surface area contributed by atoms with Crippen molar-refractivity contribution in [2.45, 2.75) is 26.7 Å². The van der Waals surface area contributed by atoms with Gasteiger partial charge in [-0.25, -0.2) is 4.79 Å². The lowest BCUT2D eigenvalue weighted by molar-refractivity contribution is -0.116. The van der Waals surface area contributed by atoms with Crippen molar-refractivity contribution < 1.29 is 14.7 Å². The highest BCUT2D eigenvalue weighted by Crippen LogP contribution is 2.28. The zero-order valence-corrected chi connectivity index (χ0v) is 16.9. The van der Waals surface area contributed by atoms with Crippen LogP contribution in [0.25, 0.3) is 0 Å². The number of carbonyl (C=O) groups excluding carboxylic acids is 2. The molecule has 7 heteroatoms.